The van der Waals surface area contributed by atoms with E-state index in [1.165, 1.54) is 32.1 Å². The Morgan fingerprint density at radius 1 is 1.18 bits per heavy atom. The van der Waals surface area contributed by atoms with Gasteiger partial charge in [0.2, 0.25) is 0 Å². The molecule has 2 unspecified atom stereocenters. The maximum absolute atomic E-state index is 4.69. The molecule has 2 fully saturated rings. The summed E-state index contributed by atoms with van der Waals surface area (Å²) in [5, 5.41) is 4.69. The minimum atomic E-state index is 0. The van der Waals surface area contributed by atoms with Gasteiger partial charge >= 0.3 is 51.4 Å². The molecule has 2 bridgehead atoms. The second-order valence-electron chi connectivity index (χ2n) is 3.78. The van der Waals surface area contributed by atoms with Crippen LogP contribution in [0, 0.1) is 5.92 Å². The topological polar surface area (TPSA) is 14.1 Å². The van der Waals surface area contributed by atoms with Gasteiger partial charge in [-0.05, 0) is 5.92 Å². The molecule has 0 amide bonds. The molecule has 1 nitrogen and oxygen atoms in total. The van der Waals surface area contributed by atoms with Gasteiger partial charge in [-0.3, -0.25) is 0 Å². The number of hydrogen-bond donors (Lipinski definition) is 0. The van der Waals surface area contributed by atoms with Crippen LogP contribution in [0.25, 0.3) is 5.32 Å². The van der Waals surface area contributed by atoms with Crippen molar-refractivity contribution in [1.82, 2.24) is 0 Å². The first kappa shape index (κ1) is 10.7. The Kier molecular flexibility index (Phi) is 4.59. The third-order valence-corrected chi connectivity index (χ3v) is 3.04. The van der Waals surface area contributed by atoms with E-state index in [0.717, 1.165) is 18.0 Å². The second-order valence-corrected chi connectivity index (χ2v) is 3.78. The van der Waals surface area contributed by atoms with Crippen molar-refractivity contribution in [3.05, 3.63) is 5.32 Å². The average molecular weight is 177 g/mol. The number of nitrogens with zero attached hydrogens (tertiary/aromatic N) is 1. The number of piperidine rings is 1. The van der Waals surface area contributed by atoms with Gasteiger partial charge < -0.3 is 5.32 Å². The number of fused-ring (bicyclic) bond motifs is 2. The average Bonchev–Trinajstić information content (AvgIpc) is 2.30. The van der Waals surface area contributed by atoms with E-state index < -0.39 is 0 Å². The summed E-state index contributed by atoms with van der Waals surface area (Å²) < 4.78 is 0. The quantitative estimate of drug-likeness (QED) is 0.489. The van der Waals surface area contributed by atoms with Gasteiger partial charge in [0.15, 0.2) is 0 Å². The molecule has 2 aliphatic rings. The van der Waals surface area contributed by atoms with Crippen LogP contribution in [0.3, 0.4) is 0 Å². The molecule has 0 aromatic heterocycles. The SMILES string of the molecule is CCC1CC2CCC(C1)[N-]2.[K+]. The number of rotatable bonds is 1. The normalized spacial score (nSPS) is 41.7. The summed E-state index contributed by atoms with van der Waals surface area (Å²) in [6.07, 6.45) is 6.95. The summed E-state index contributed by atoms with van der Waals surface area (Å²) in [5.74, 6) is 1.01. The first-order valence-corrected chi connectivity index (χ1v) is 4.58. The van der Waals surface area contributed by atoms with Crippen molar-refractivity contribution in [3.63, 3.8) is 0 Å². The van der Waals surface area contributed by atoms with Crippen LogP contribution in [-0.2, 0) is 0 Å². The predicted octanol–water partition coefficient (Wildman–Crippen LogP) is -0.285. The van der Waals surface area contributed by atoms with Crippen LogP contribution < -0.4 is 51.4 Å². The smallest absolute Gasteiger partial charge is 0.657 e. The summed E-state index contributed by atoms with van der Waals surface area (Å²) in [7, 11) is 0. The molecule has 58 valence electrons. The summed E-state index contributed by atoms with van der Waals surface area (Å²) in [6.45, 7) is 2.31. The minimum absolute atomic E-state index is 0. The molecular formula is C9H16KN. The molecule has 0 aromatic carbocycles. The Labute approximate surface area is 112 Å². The molecule has 2 rings (SSSR count). The summed E-state index contributed by atoms with van der Waals surface area (Å²) in [5.41, 5.74) is 0. The van der Waals surface area contributed by atoms with Crippen molar-refractivity contribution in [2.75, 3.05) is 0 Å². The maximum Gasteiger partial charge on any atom is 1.00 e. The molecule has 2 atom stereocenters. The zero-order valence-corrected chi connectivity index (χ0v) is 10.8. The summed E-state index contributed by atoms with van der Waals surface area (Å²) in [4.78, 5) is 0. The fourth-order valence-electron chi connectivity index (χ4n) is 2.39. The molecule has 2 saturated heterocycles. The van der Waals surface area contributed by atoms with Gasteiger partial charge in [-0.15, -0.1) is 12.1 Å². The molecule has 0 spiro atoms. The van der Waals surface area contributed by atoms with Crippen molar-refractivity contribution in [3.8, 4) is 0 Å². The van der Waals surface area contributed by atoms with Gasteiger partial charge in [-0.1, -0.05) is 39.0 Å². The molecule has 0 aromatic rings. The van der Waals surface area contributed by atoms with Crippen molar-refractivity contribution in [2.45, 2.75) is 51.1 Å². The van der Waals surface area contributed by atoms with E-state index in [9.17, 15) is 0 Å². The monoisotopic (exact) mass is 177 g/mol. The van der Waals surface area contributed by atoms with Crippen LogP contribution in [0.2, 0.25) is 0 Å². The first-order valence-electron chi connectivity index (χ1n) is 4.58. The Bertz CT molecular complexity index is 115. The second kappa shape index (κ2) is 4.73. The van der Waals surface area contributed by atoms with Crippen LogP contribution in [0.1, 0.15) is 39.0 Å². The Morgan fingerprint density at radius 2 is 1.73 bits per heavy atom. The zero-order chi connectivity index (χ0) is 6.97. The molecular weight excluding hydrogens is 161 g/mol. The van der Waals surface area contributed by atoms with Gasteiger partial charge in [-0.2, -0.15) is 0 Å². The van der Waals surface area contributed by atoms with Crippen molar-refractivity contribution in [1.29, 1.82) is 0 Å². The third-order valence-electron chi connectivity index (χ3n) is 3.04. The molecule has 0 aliphatic carbocycles. The van der Waals surface area contributed by atoms with Crippen molar-refractivity contribution in [2.24, 2.45) is 5.92 Å². The fourth-order valence-corrected chi connectivity index (χ4v) is 2.39. The number of hydrogen-bond acceptors (Lipinski definition) is 0. The molecule has 11 heavy (non-hydrogen) atoms. The first-order chi connectivity index (χ1) is 4.88. The van der Waals surface area contributed by atoms with E-state index in [1.54, 1.807) is 0 Å². The Balaban J connectivity index is 0.000000605. The molecule has 2 aliphatic heterocycles. The minimum Gasteiger partial charge on any atom is -0.657 e. The fraction of sp³-hybridized carbons (Fsp3) is 1.00. The molecule has 2 heteroatoms. The Hall–Kier alpha value is 1.60. The maximum atomic E-state index is 4.69. The zero-order valence-electron chi connectivity index (χ0n) is 7.71. The molecule has 2 heterocycles. The molecule has 0 N–H and O–H groups in total. The Morgan fingerprint density at radius 3 is 2.18 bits per heavy atom. The molecule has 0 saturated carbocycles. The van der Waals surface area contributed by atoms with Crippen LogP contribution >= 0.6 is 0 Å². The van der Waals surface area contributed by atoms with Crippen molar-refractivity contribution >= 4 is 0 Å². The third kappa shape index (κ3) is 2.52. The van der Waals surface area contributed by atoms with Crippen LogP contribution in [0.4, 0.5) is 0 Å². The van der Waals surface area contributed by atoms with E-state index in [0.29, 0.717) is 0 Å². The van der Waals surface area contributed by atoms with Gasteiger partial charge in [0.1, 0.15) is 0 Å². The molecule has 0 radical (unpaired) electrons. The van der Waals surface area contributed by atoms with Crippen LogP contribution in [0.15, 0.2) is 0 Å². The largest absolute Gasteiger partial charge is 1.00 e. The van der Waals surface area contributed by atoms with Crippen LogP contribution in [0.5, 0.6) is 0 Å². The van der Waals surface area contributed by atoms with Gasteiger partial charge in [0.25, 0.3) is 0 Å². The standard InChI is InChI=1S/C9H16N.K/c1-2-7-5-8-3-4-9(6-7)10-8;/h7-9H,2-6H2,1H3;/q-1;+1. The van der Waals surface area contributed by atoms with E-state index in [1.807, 2.05) is 0 Å². The van der Waals surface area contributed by atoms with E-state index >= 15 is 0 Å². The predicted molar refractivity (Wildman–Crippen MR) is 43.2 cm³/mol. The van der Waals surface area contributed by atoms with Gasteiger partial charge in [-0.25, -0.2) is 0 Å². The van der Waals surface area contributed by atoms with E-state index in [-0.39, 0.29) is 51.4 Å². The van der Waals surface area contributed by atoms with Gasteiger partial charge in [0, 0.05) is 0 Å². The van der Waals surface area contributed by atoms with E-state index in [4.69, 9.17) is 5.32 Å². The summed E-state index contributed by atoms with van der Waals surface area (Å²) >= 11 is 0. The van der Waals surface area contributed by atoms with Crippen molar-refractivity contribution < 1.29 is 51.4 Å². The van der Waals surface area contributed by atoms with Gasteiger partial charge in [0.05, 0.1) is 0 Å². The van der Waals surface area contributed by atoms with E-state index in [2.05, 4.69) is 6.92 Å². The van der Waals surface area contributed by atoms with Crippen LogP contribution in [-0.4, -0.2) is 12.1 Å². The summed E-state index contributed by atoms with van der Waals surface area (Å²) in [6, 6.07) is 1.53.